The Bertz CT molecular complexity index is 1640. The molecule has 11 nitrogen and oxygen atoms in total. The summed E-state index contributed by atoms with van der Waals surface area (Å²) in [5.74, 6) is -0.252. The lowest BCUT2D eigenvalue weighted by atomic mass is 9.95. The Morgan fingerprint density at radius 2 is 1.93 bits per heavy atom. The number of esters is 1. The van der Waals surface area contributed by atoms with E-state index in [0.717, 1.165) is 3.57 Å². The zero-order chi connectivity index (χ0) is 32.5. The normalized spacial score (nSPS) is 14.4. The van der Waals surface area contributed by atoms with E-state index in [1.807, 2.05) is 6.07 Å². The number of hydrazone groups is 1. The number of ether oxygens (including phenoxy) is 4. The van der Waals surface area contributed by atoms with Crippen LogP contribution in [0.4, 0.5) is 9.18 Å². The molecular formula is C31H29BrFIN4O7. The Balaban J connectivity index is 1.36. The molecule has 0 radical (unpaired) electrons. The molecule has 3 amide bonds. The number of nitrogens with one attached hydrogen (secondary N) is 3. The number of nitrogens with zero attached hydrogens (tertiary/aromatic N) is 1. The molecule has 0 unspecified atom stereocenters. The van der Waals surface area contributed by atoms with Crippen LogP contribution in [0.3, 0.4) is 0 Å². The number of carbonyl (C=O) groups excluding carboxylic acids is 3. The molecule has 1 aliphatic heterocycles. The van der Waals surface area contributed by atoms with E-state index in [4.69, 9.17) is 18.9 Å². The number of hydrogen-bond acceptors (Lipinski definition) is 8. The first-order valence-electron chi connectivity index (χ1n) is 13.5. The molecule has 1 atom stereocenters. The van der Waals surface area contributed by atoms with Gasteiger partial charge in [-0.2, -0.15) is 5.10 Å². The van der Waals surface area contributed by atoms with E-state index >= 15 is 0 Å². The lowest BCUT2D eigenvalue weighted by Crippen LogP contribution is -2.45. The van der Waals surface area contributed by atoms with Crippen molar-refractivity contribution in [2.75, 3.05) is 20.3 Å². The number of urea groups is 1. The number of methoxy groups -OCH3 is 1. The van der Waals surface area contributed by atoms with Gasteiger partial charge in [0.05, 0.1) is 39.6 Å². The summed E-state index contributed by atoms with van der Waals surface area (Å²) in [6.07, 6.45) is 1.47. The molecule has 0 bridgehead atoms. The minimum atomic E-state index is -0.782. The Morgan fingerprint density at radius 1 is 1.13 bits per heavy atom. The van der Waals surface area contributed by atoms with Crippen LogP contribution in [0, 0.1) is 9.39 Å². The fourth-order valence-corrected chi connectivity index (χ4v) is 6.10. The van der Waals surface area contributed by atoms with Crippen molar-refractivity contribution >= 4 is 62.6 Å². The van der Waals surface area contributed by atoms with Crippen molar-refractivity contribution in [3.63, 3.8) is 0 Å². The maximum Gasteiger partial charge on any atom is 0.338 e. The molecule has 1 heterocycles. The van der Waals surface area contributed by atoms with Crippen LogP contribution in [0.5, 0.6) is 17.2 Å². The Hall–Kier alpha value is -4.18. The van der Waals surface area contributed by atoms with E-state index in [0.29, 0.717) is 32.6 Å². The summed E-state index contributed by atoms with van der Waals surface area (Å²) < 4.78 is 37.0. The molecular weight excluding hydrogens is 766 g/mol. The molecule has 14 heteroatoms. The minimum absolute atomic E-state index is 0.176. The van der Waals surface area contributed by atoms with Gasteiger partial charge in [-0.3, -0.25) is 4.79 Å². The first-order valence-corrected chi connectivity index (χ1v) is 15.4. The number of rotatable bonds is 12. The topological polar surface area (TPSA) is 137 Å². The number of benzene rings is 3. The smallest absolute Gasteiger partial charge is 0.338 e. The standard InChI is InChI=1S/C31H29BrFIN4O7/c1-4-43-30(40)27-17(2)36-31(41)37-28(27)20-8-9-24(25(13-20)42-3)44-16-26(39)38-35-14-19-11-22(32)29(23(34)12-19)45-15-18-6-5-7-21(33)10-18/h5-14,28H,4,15-16H2,1-3H3,(H,38,39)(H2,36,37,41)/b35-14-/t28-/m1/s1. The molecule has 0 aliphatic carbocycles. The van der Waals surface area contributed by atoms with Crippen LogP contribution in [0.1, 0.15) is 36.6 Å². The largest absolute Gasteiger partial charge is 0.493 e. The summed E-state index contributed by atoms with van der Waals surface area (Å²) in [6, 6.07) is 13.4. The van der Waals surface area contributed by atoms with Gasteiger partial charge in [0.1, 0.15) is 18.2 Å². The quantitative estimate of drug-likeness (QED) is 0.0954. The van der Waals surface area contributed by atoms with Crippen molar-refractivity contribution in [1.82, 2.24) is 16.1 Å². The molecule has 0 saturated heterocycles. The predicted molar refractivity (Wildman–Crippen MR) is 176 cm³/mol. The SMILES string of the molecule is CCOC(=O)C1=C(C)NC(=O)N[C@@H]1c1ccc(OCC(=O)N/N=C\c2cc(Br)c(OCc3cccc(F)c3)c(I)c2)c(OC)c1. The molecule has 4 rings (SSSR count). The van der Waals surface area contributed by atoms with Crippen molar-refractivity contribution in [3.05, 3.63) is 96.4 Å². The molecule has 3 N–H and O–H groups in total. The van der Waals surface area contributed by atoms with E-state index in [2.05, 4.69) is 59.7 Å². The average molecular weight is 795 g/mol. The fourth-order valence-electron chi connectivity index (χ4n) is 4.33. The molecule has 0 aromatic heterocycles. The van der Waals surface area contributed by atoms with Crippen LogP contribution in [-0.4, -0.2) is 44.4 Å². The van der Waals surface area contributed by atoms with Crippen molar-refractivity contribution in [2.24, 2.45) is 5.10 Å². The van der Waals surface area contributed by atoms with Gasteiger partial charge >= 0.3 is 12.0 Å². The van der Waals surface area contributed by atoms with Crippen LogP contribution in [-0.2, 0) is 20.9 Å². The van der Waals surface area contributed by atoms with E-state index in [1.165, 1.54) is 25.5 Å². The molecule has 3 aromatic carbocycles. The fraction of sp³-hybridized carbons (Fsp3) is 0.226. The molecule has 1 aliphatic rings. The predicted octanol–water partition coefficient (Wildman–Crippen LogP) is 5.50. The second-order valence-corrected chi connectivity index (χ2v) is 11.5. The number of halogens is 3. The summed E-state index contributed by atoms with van der Waals surface area (Å²) in [5, 5.41) is 9.32. The Kier molecular flexibility index (Phi) is 11.8. The molecule has 0 spiro atoms. The minimum Gasteiger partial charge on any atom is -0.493 e. The van der Waals surface area contributed by atoms with Crippen LogP contribution in [0.15, 0.2) is 75.4 Å². The molecule has 0 saturated carbocycles. The van der Waals surface area contributed by atoms with Crippen LogP contribution in [0.25, 0.3) is 0 Å². The number of carbonyl (C=O) groups is 3. The zero-order valence-electron chi connectivity index (χ0n) is 24.4. The van der Waals surface area contributed by atoms with Gasteiger partial charge in [0, 0.05) is 5.70 Å². The van der Waals surface area contributed by atoms with Gasteiger partial charge < -0.3 is 29.6 Å². The Labute approximate surface area is 280 Å². The second kappa shape index (κ2) is 15.7. The van der Waals surface area contributed by atoms with Gasteiger partial charge in [-0.05, 0) is 105 Å². The highest BCUT2D eigenvalue weighted by molar-refractivity contribution is 14.1. The third kappa shape index (κ3) is 8.94. The summed E-state index contributed by atoms with van der Waals surface area (Å²) >= 11 is 5.61. The summed E-state index contributed by atoms with van der Waals surface area (Å²) in [6.45, 7) is 3.33. The van der Waals surface area contributed by atoms with Crippen LogP contribution >= 0.6 is 38.5 Å². The van der Waals surface area contributed by atoms with E-state index in [-0.39, 0.29) is 42.7 Å². The van der Waals surface area contributed by atoms with Crippen molar-refractivity contribution in [3.8, 4) is 17.2 Å². The highest BCUT2D eigenvalue weighted by Gasteiger charge is 2.32. The maximum atomic E-state index is 13.5. The third-order valence-electron chi connectivity index (χ3n) is 6.34. The van der Waals surface area contributed by atoms with Gasteiger partial charge in [0.25, 0.3) is 5.91 Å². The highest BCUT2D eigenvalue weighted by Crippen LogP contribution is 2.35. The van der Waals surface area contributed by atoms with Gasteiger partial charge in [-0.1, -0.05) is 18.2 Å². The van der Waals surface area contributed by atoms with E-state index in [1.54, 1.807) is 50.2 Å². The molecule has 3 aromatic rings. The summed E-state index contributed by atoms with van der Waals surface area (Å²) in [7, 11) is 1.43. The lowest BCUT2D eigenvalue weighted by Gasteiger charge is -2.28. The lowest BCUT2D eigenvalue weighted by molar-refractivity contribution is -0.139. The first-order chi connectivity index (χ1) is 21.6. The molecule has 0 fully saturated rings. The van der Waals surface area contributed by atoms with E-state index < -0.39 is 23.9 Å². The first kappa shape index (κ1) is 33.7. The zero-order valence-corrected chi connectivity index (χ0v) is 28.2. The van der Waals surface area contributed by atoms with Crippen LogP contribution < -0.4 is 30.3 Å². The van der Waals surface area contributed by atoms with Crippen LogP contribution in [0.2, 0.25) is 0 Å². The third-order valence-corrected chi connectivity index (χ3v) is 7.73. The molecule has 236 valence electrons. The van der Waals surface area contributed by atoms with Crippen molar-refractivity contribution in [2.45, 2.75) is 26.5 Å². The average Bonchev–Trinajstić information content (AvgIpc) is 2.99. The van der Waals surface area contributed by atoms with Gasteiger partial charge in [0.15, 0.2) is 18.1 Å². The second-order valence-electron chi connectivity index (χ2n) is 9.52. The Morgan fingerprint density at radius 3 is 2.64 bits per heavy atom. The van der Waals surface area contributed by atoms with Gasteiger partial charge in [-0.25, -0.2) is 19.4 Å². The van der Waals surface area contributed by atoms with Crippen molar-refractivity contribution in [1.29, 1.82) is 0 Å². The highest BCUT2D eigenvalue weighted by atomic mass is 127. The monoisotopic (exact) mass is 794 g/mol. The number of hydrogen-bond donors (Lipinski definition) is 3. The summed E-state index contributed by atoms with van der Waals surface area (Å²) in [4.78, 5) is 37.2. The van der Waals surface area contributed by atoms with Gasteiger partial charge in [-0.15, -0.1) is 0 Å². The number of amides is 3. The van der Waals surface area contributed by atoms with E-state index in [9.17, 15) is 18.8 Å². The summed E-state index contributed by atoms with van der Waals surface area (Å²) in [5.41, 5.74) is 5.01. The number of allylic oxidation sites excluding steroid dienone is 1. The van der Waals surface area contributed by atoms with Crippen molar-refractivity contribution < 1.29 is 37.7 Å². The maximum absolute atomic E-state index is 13.5. The van der Waals surface area contributed by atoms with Gasteiger partial charge in [0.2, 0.25) is 0 Å². The molecule has 45 heavy (non-hydrogen) atoms.